The predicted octanol–water partition coefficient (Wildman–Crippen LogP) is 3.21. The Bertz CT molecular complexity index is 600. The number of rotatable bonds is 4. The highest BCUT2D eigenvalue weighted by molar-refractivity contribution is 5.94. The van der Waals surface area contributed by atoms with Gasteiger partial charge in [-0.15, -0.1) is 0 Å². The summed E-state index contributed by atoms with van der Waals surface area (Å²) in [4.78, 5) is 15.2. The highest BCUT2D eigenvalue weighted by atomic mass is 19.1. The maximum absolute atomic E-state index is 13.6. The molecule has 0 atom stereocenters. The lowest BCUT2D eigenvalue weighted by molar-refractivity contribution is 0.101. The van der Waals surface area contributed by atoms with Gasteiger partial charge in [0.05, 0.1) is 11.3 Å². The molecule has 0 aliphatic carbocycles. The van der Waals surface area contributed by atoms with Gasteiger partial charge in [-0.1, -0.05) is 0 Å². The summed E-state index contributed by atoms with van der Waals surface area (Å²) in [7, 11) is 0. The number of nitrogens with zero attached hydrogens (tertiary/aromatic N) is 1. The number of hydrogen-bond donors (Lipinski definition) is 0. The molecule has 0 saturated carbocycles. The summed E-state index contributed by atoms with van der Waals surface area (Å²) < 4.78 is 24.3. The second kappa shape index (κ2) is 5.22. The van der Waals surface area contributed by atoms with Gasteiger partial charge < -0.3 is 9.15 Å². The summed E-state index contributed by atoms with van der Waals surface area (Å²) in [5.74, 6) is 0.589. The van der Waals surface area contributed by atoms with Crippen LogP contribution in [-0.2, 0) is 6.61 Å². The van der Waals surface area contributed by atoms with E-state index in [0.717, 1.165) is 11.5 Å². The lowest BCUT2D eigenvalue weighted by Crippen LogP contribution is -2.00. The monoisotopic (exact) mass is 263 g/mol. The average molecular weight is 263 g/mol. The number of carbonyl (C=O) groups is 1. The van der Waals surface area contributed by atoms with Crippen molar-refractivity contribution in [2.75, 3.05) is 0 Å². The topological polar surface area (TPSA) is 52.3 Å². The highest BCUT2D eigenvalue weighted by Gasteiger charge is 2.10. The number of ether oxygens (including phenoxy) is 1. The van der Waals surface area contributed by atoms with Gasteiger partial charge in [-0.25, -0.2) is 9.37 Å². The molecule has 0 spiro atoms. The Labute approximate surface area is 110 Å². The molecule has 2 aromatic rings. The fourth-order valence-corrected chi connectivity index (χ4v) is 1.62. The Balaban J connectivity index is 2.08. The van der Waals surface area contributed by atoms with Crippen LogP contribution in [0.25, 0.3) is 0 Å². The number of aryl methyl sites for hydroxylation is 2. The number of oxazole rings is 1. The molecule has 1 aromatic carbocycles. The SMILES string of the molecule is CC(=O)c1ccc(OCc2nc(C)c(C)o2)cc1F. The molecule has 2 rings (SSSR count). The Hall–Kier alpha value is -2.17. The van der Waals surface area contributed by atoms with E-state index in [4.69, 9.17) is 9.15 Å². The van der Waals surface area contributed by atoms with Crippen molar-refractivity contribution in [1.29, 1.82) is 0 Å². The normalized spacial score (nSPS) is 10.5. The maximum Gasteiger partial charge on any atom is 0.232 e. The number of carbonyl (C=O) groups excluding carboxylic acids is 1. The summed E-state index contributed by atoms with van der Waals surface area (Å²) in [6.07, 6.45) is 0. The third kappa shape index (κ3) is 2.99. The molecule has 0 N–H and O–H groups in total. The van der Waals surface area contributed by atoms with Gasteiger partial charge in [0.1, 0.15) is 17.3 Å². The van der Waals surface area contributed by atoms with Crippen LogP contribution in [0.5, 0.6) is 5.75 Å². The van der Waals surface area contributed by atoms with E-state index >= 15 is 0 Å². The van der Waals surface area contributed by atoms with Crippen molar-refractivity contribution in [2.45, 2.75) is 27.4 Å². The molecule has 1 heterocycles. The number of benzene rings is 1. The molecule has 0 radical (unpaired) electrons. The standard InChI is InChI=1S/C14H14FNO3/c1-8-10(3)19-14(16-8)7-18-11-4-5-12(9(2)17)13(15)6-11/h4-6H,7H2,1-3H3. The van der Waals surface area contributed by atoms with Crippen molar-refractivity contribution in [3.05, 3.63) is 46.9 Å². The number of hydrogen-bond acceptors (Lipinski definition) is 4. The first kappa shape index (κ1) is 13.3. The molecular formula is C14H14FNO3. The molecule has 0 bridgehead atoms. The summed E-state index contributed by atoms with van der Waals surface area (Å²) in [5.41, 5.74) is 0.854. The van der Waals surface area contributed by atoms with Gasteiger partial charge >= 0.3 is 0 Å². The quantitative estimate of drug-likeness (QED) is 0.795. The summed E-state index contributed by atoms with van der Waals surface area (Å²) in [6.45, 7) is 5.08. The van der Waals surface area contributed by atoms with Gasteiger partial charge in [0.2, 0.25) is 5.89 Å². The van der Waals surface area contributed by atoms with E-state index in [-0.39, 0.29) is 18.0 Å². The van der Waals surface area contributed by atoms with Crippen LogP contribution in [0.2, 0.25) is 0 Å². The van der Waals surface area contributed by atoms with E-state index in [9.17, 15) is 9.18 Å². The van der Waals surface area contributed by atoms with E-state index in [1.165, 1.54) is 19.1 Å². The molecule has 4 nitrogen and oxygen atoms in total. The molecule has 0 fully saturated rings. The van der Waals surface area contributed by atoms with Gasteiger partial charge in [0, 0.05) is 6.07 Å². The lowest BCUT2D eigenvalue weighted by atomic mass is 10.1. The molecule has 0 amide bonds. The van der Waals surface area contributed by atoms with Gasteiger partial charge in [0.15, 0.2) is 12.4 Å². The zero-order valence-electron chi connectivity index (χ0n) is 11.0. The fraction of sp³-hybridized carbons (Fsp3) is 0.286. The highest BCUT2D eigenvalue weighted by Crippen LogP contribution is 2.18. The van der Waals surface area contributed by atoms with Crippen molar-refractivity contribution in [1.82, 2.24) is 4.98 Å². The molecule has 0 saturated heterocycles. The molecule has 0 unspecified atom stereocenters. The Morgan fingerprint density at radius 3 is 2.68 bits per heavy atom. The molecule has 100 valence electrons. The average Bonchev–Trinajstić information content (AvgIpc) is 2.66. The molecule has 5 heteroatoms. The van der Waals surface area contributed by atoms with Crippen LogP contribution in [0.3, 0.4) is 0 Å². The van der Waals surface area contributed by atoms with Crippen LogP contribution in [0.4, 0.5) is 4.39 Å². The second-order valence-electron chi connectivity index (χ2n) is 4.24. The van der Waals surface area contributed by atoms with Gasteiger partial charge in [-0.3, -0.25) is 4.79 Å². The van der Waals surface area contributed by atoms with Crippen molar-refractivity contribution >= 4 is 5.78 Å². The van der Waals surface area contributed by atoms with Crippen molar-refractivity contribution < 1.29 is 18.3 Å². The van der Waals surface area contributed by atoms with Crippen molar-refractivity contribution in [3.8, 4) is 5.75 Å². The van der Waals surface area contributed by atoms with Crippen LogP contribution in [0.1, 0.15) is 34.6 Å². The number of ketones is 1. The van der Waals surface area contributed by atoms with Crippen LogP contribution in [0, 0.1) is 19.7 Å². The van der Waals surface area contributed by atoms with Gasteiger partial charge in [0.25, 0.3) is 0 Å². The van der Waals surface area contributed by atoms with Crippen molar-refractivity contribution in [2.24, 2.45) is 0 Å². The Morgan fingerprint density at radius 2 is 2.16 bits per heavy atom. The minimum absolute atomic E-state index is 0.0511. The fourth-order valence-electron chi connectivity index (χ4n) is 1.62. The maximum atomic E-state index is 13.6. The third-order valence-electron chi connectivity index (χ3n) is 2.75. The van der Waals surface area contributed by atoms with E-state index in [2.05, 4.69) is 4.98 Å². The lowest BCUT2D eigenvalue weighted by Gasteiger charge is -2.05. The predicted molar refractivity (Wildman–Crippen MR) is 66.7 cm³/mol. The molecule has 19 heavy (non-hydrogen) atoms. The summed E-state index contributed by atoms with van der Waals surface area (Å²) >= 11 is 0. The van der Waals surface area contributed by atoms with E-state index in [1.807, 2.05) is 13.8 Å². The van der Waals surface area contributed by atoms with Crippen LogP contribution < -0.4 is 4.74 Å². The minimum atomic E-state index is -0.593. The number of aromatic nitrogens is 1. The summed E-state index contributed by atoms with van der Waals surface area (Å²) in [6, 6.07) is 4.13. The zero-order chi connectivity index (χ0) is 14.0. The Morgan fingerprint density at radius 1 is 1.42 bits per heavy atom. The van der Waals surface area contributed by atoms with Crippen LogP contribution >= 0.6 is 0 Å². The molecular weight excluding hydrogens is 249 g/mol. The van der Waals surface area contributed by atoms with Crippen LogP contribution in [-0.4, -0.2) is 10.8 Å². The van der Waals surface area contributed by atoms with Crippen LogP contribution in [0.15, 0.2) is 22.6 Å². The first-order valence-electron chi connectivity index (χ1n) is 5.83. The number of Topliss-reactive ketones (excluding diaryl/α,β-unsaturated/α-hetero) is 1. The van der Waals surface area contributed by atoms with Crippen molar-refractivity contribution in [3.63, 3.8) is 0 Å². The number of halogens is 1. The Kier molecular flexibility index (Phi) is 3.64. The third-order valence-corrected chi connectivity index (χ3v) is 2.75. The molecule has 0 aliphatic heterocycles. The minimum Gasteiger partial charge on any atom is -0.484 e. The molecule has 1 aromatic heterocycles. The second-order valence-corrected chi connectivity index (χ2v) is 4.24. The van der Waals surface area contributed by atoms with E-state index < -0.39 is 5.82 Å². The first-order chi connectivity index (χ1) is 8.97. The largest absolute Gasteiger partial charge is 0.484 e. The molecule has 0 aliphatic rings. The zero-order valence-corrected chi connectivity index (χ0v) is 11.0. The van der Waals surface area contributed by atoms with Gasteiger partial charge in [-0.2, -0.15) is 0 Å². The smallest absolute Gasteiger partial charge is 0.232 e. The van der Waals surface area contributed by atoms with E-state index in [1.54, 1.807) is 6.07 Å². The van der Waals surface area contributed by atoms with E-state index in [0.29, 0.717) is 11.6 Å². The first-order valence-corrected chi connectivity index (χ1v) is 5.83. The summed E-state index contributed by atoms with van der Waals surface area (Å²) in [5, 5.41) is 0. The van der Waals surface area contributed by atoms with Gasteiger partial charge in [-0.05, 0) is 32.9 Å².